The molecule has 0 unspecified atom stereocenters. The number of rotatable bonds is 8. The molecule has 2 aromatic rings. The lowest BCUT2D eigenvalue weighted by Gasteiger charge is -2.13. The summed E-state index contributed by atoms with van der Waals surface area (Å²) in [5.41, 5.74) is 2.30. The zero-order chi connectivity index (χ0) is 16.5. The molecule has 0 aliphatic carbocycles. The van der Waals surface area contributed by atoms with Crippen molar-refractivity contribution in [2.24, 2.45) is 0 Å². The van der Waals surface area contributed by atoms with Crippen LogP contribution in [0.25, 0.3) is 0 Å². The van der Waals surface area contributed by atoms with Crippen molar-refractivity contribution in [2.75, 3.05) is 7.11 Å². The van der Waals surface area contributed by atoms with Gasteiger partial charge in [-0.15, -0.1) is 0 Å². The maximum absolute atomic E-state index is 12.0. The van der Waals surface area contributed by atoms with E-state index in [-0.39, 0.29) is 11.9 Å². The standard InChI is InChI=1S/C19H24N2O2/c1-15(17-7-5-13-20-14-17)21-19(22)8-4-3-6-16-9-11-18(23-2)12-10-16/h5,7,9-15H,3-4,6,8H2,1-2H3,(H,21,22)/t15-/m0/s1. The van der Waals surface area contributed by atoms with Gasteiger partial charge in [0.15, 0.2) is 0 Å². The first kappa shape index (κ1) is 17.0. The van der Waals surface area contributed by atoms with Crippen molar-refractivity contribution in [1.82, 2.24) is 10.3 Å². The fourth-order valence-electron chi connectivity index (χ4n) is 2.44. The summed E-state index contributed by atoms with van der Waals surface area (Å²) >= 11 is 0. The number of ether oxygens (including phenoxy) is 1. The summed E-state index contributed by atoms with van der Waals surface area (Å²) in [7, 11) is 1.67. The van der Waals surface area contributed by atoms with Crippen LogP contribution in [-0.2, 0) is 11.2 Å². The van der Waals surface area contributed by atoms with Crippen molar-refractivity contribution in [3.05, 3.63) is 59.9 Å². The van der Waals surface area contributed by atoms with Gasteiger partial charge in [0.25, 0.3) is 0 Å². The molecule has 4 nitrogen and oxygen atoms in total. The molecule has 1 N–H and O–H groups in total. The summed E-state index contributed by atoms with van der Waals surface area (Å²) in [6.45, 7) is 1.98. The van der Waals surface area contributed by atoms with Crippen molar-refractivity contribution in [2.45, 2.75) is 38.6 Å². The van der Waals surface area contributed by atoms with E-state index in [4.69, 9.17) is 4.74 Å². The molecule has 0 radical (unpaired) electrons. The summed E-state index contributed by atoms with van der Waals surface area (Å²) in [4.78, 5) is 16.0. The number of nitrogens with one attached hydrogen (secondary N) is 1. The number of benzene rings is 1. The van der Waals surface area contributed by atoms with Crippen molar-refractivity contribution < 1.29 is 9.53 Å². The average molecular weight is 312 g/mol. The maximum atomic E-state index is 12.0. The van der Waals surface area contributed by atoms with Crippen LogP contribution in [0, 0.1) is 0 Å². The summed E-state index contributed by atoms with van der Waals surface area (Å²) in [6, 6.07) is 11.9. The molecule has 4 heteroatoms. The molecular formula is C19H24N2O2. The highest BCUT2D eigenvalue weighted by atomic mass is 16.5. The number of methoxy groups -OCH3 is 1. The first-order chi connectivity index (χ1) is 11.2. The number of carbonyl (C=O) groups is 1. The Morgan fingerprint density at radius 1 is 1.22 bits per heavy atom. The molecular weight excluding hydrogens is 288 g/mol. The van der Waals surface area contributed by atoms with E-state index in [2.05, 4.69) is 22.4 Å². The molecule has 122 valence electrons. The second kappa shape index (κ2) is 8.93. The predicted octanol–water partition coefficient (Wildman–Crippen LogP) is 3.68. The van der Waals surface area contributed by atoms with Crippen molar-refractivity contribution in [1.29, 1.82) is 0 Å². The van der Waals surface area contributed by atoms with Gasteiger partial charge in [0.1, 0.15) is 5.75 Å². The molecule has 0 bridgehead atoms. The van der Waals surface area contributed by atoms with Crippen LogP contribution in [0.4, 0.5) is 0 Å². The van der Waals surface area contributed by atoms with Crippen LogP contribution in [0.3, 0.4) is 0 Å². The summed E-state index contributed by atoms with van der Waals surface area (Å²) in [5, 5.41) is 3.01. The number of nitrogens with zero attached hydrogens (tertiary/aromatic N) is 1. The topological polar surface area (TPSA) is 51.2 Å². The molecule has 1 amide bonds. The molecule has 0 aliphatic heterocycles. The van der Waals surface area contributed by atoms with Gasteiger partial charge in [-0.1, -0.05) is 18.2 Å². The quantitative estimate of drug-likeness (QED) is 0.757. The summed E-state index contributed by atoms with van der Waals surface area (Å²) in [6.07, 6.45) is 6.95. The first-order valence-electron chi connectivity index (χ1n) is 8.01. The third-order valence-electron chi connectivity index (χ3n) is 3.84. The van der Waals surface area contributed by atoms with E-state index in [0.717, 1.165) is 30.6 Å². The molecule has 1 atom stereocenters. The number of pyridine rings is 1. The number of aryl methyl sites for hydroxylation is 1. The normalized spacial score (nSPS) is 11.7. The van der Waals surface area contributed by atoms with Crippen LogP contribution < -0.4 is 10.1 Å². The van der Waals surface area contributed by atoms with Gasteiger partial charge in [0, 0.05) is 18.8 Å². The van der Waals surface area contributed by atoms with Gasteiger partial charge >= 0.3 is 0 Å². The third kappa shape index (κ3) is 5.74. The van der Waals surface area contributed by atoms with Crippen molar-refractivity contribution in [3.8, 4) is 5.75 Å². The first-order valence-corrected chi connectivity index (χ1v) is 8.01. The molecule has 23 heavy (non-hydrogen) atoms. The van der Waals surface area contributed by atoms with E-state index in [0.29, 0.717) is 6.42 Å². The lowest BCUT2D eigenvalue weighted by molar-refractivity contribution is -0.121. The third-order valence-corrected chi connectivity index (χ3v) is 3.84. The summed E-state index contributed by atoms with van der Waals surface area (Å²) in [5.74, 6) is 0.966. The van der Waals surface area contributed by atoms with E-state index in [1.807, 2.05) is 31.2 Å². The Hall–Kier alpha value is -2.36. The highest BCUT2D eigenvalue weighted by Gasteiger charge is 2.09. The Bertz CT molecular complexity index is 597. The fraction of sp³-hybridized carbons (Fsp3) is 0.368. The second-order valence-electron chi connectivity index (χ2n) is 5.63. The molecule has 0 saturated heterocycles. The Balaban J connectivity index is 1.66. The monoisotopic (exact) mass is 312 g/mol. The zero-order valence-corrected chi connectivity index (χ0v) is 13.8. The number of aromatic nitrogens is 1. The second-order valence-corrected chi connectivity index (χ2v) is 5.63. The van der Waals surface area contributed by atoms with Crippen LogP contribution in [0.5, 0.6) is 5.75 Å². The minimum Gasteiger partial charge on any atom is -0.497 e. The lowest BCUT2D eigenvalue weighted by Crippen LogP contribution is -2.26. The average Bonchev–Trinajstić information content (AvgIpc) is 2.60. The lowest BCUT2D eigenvalue weighted by atomic mass is 10.1. The number of unbranched alkanes of at least 4 members (excludes halogenated alkanes) is 1. The van der Waals surface area contributed by atoms with Crippen LogP contribution >= 0.6 is 0 Å². The Kier molecular flexibility index (Phi) is 6.60. The van der Waals surface area contributed by atoms with Crippen molar-refractivity contribution >= 4 is 5.91 Å². The van der Waals surface area contributed by atoms with E-state index in [9.17, 15) is 4.79 Å². The minimum absolute atomic E-state index is 0.00205. The molecule has 0 spiro atoms. The summed E-state index contributed by atoms with van der Waals surface area (Å²) < 4.78 is 5.14. The van der Waals surface area contributed by atoms with E-state index in [1.54, 1.807) is 19.5 Å². The van der Waals surface area contributed by atoms with E-state index < -0.39 is 0 Å². The van der Waals surface area contributed by atoms with Crippen molar-refractivity contribution in [3.63, 3.8) is 0 Å². The predicted molar refractivity (Wildman–Crippen MR) is 91.3 cm³/mol. The molecule has 1 heterocycles. The Morgan fingerprint density at radius 3 is 2.65 bits per heavy atom. The van der Waals surface area contributed by atoms with Gasteiger partial charge in [-0.05, 0) is 55.5 Å². The number of amides is 1. The van der Waals surface area contributed by atoms with Crippen LogP contribution in [0.1, 0.15) is 43.4 Å². The van der Waals surface area contributed by atoms with Crippen LogP contribution in [0.2, 0.25) is 0 Å². The van der Waals surface area contributed by atoms with Crippen LogP contribution in [0.15, 0.2) is 48.8 Å². The molecule has 1 aromatic carbocycles. The fourth-order valence-corrected chi connectivity index (χ4v) is 2.44. The molecule has 0 aliphatic rings. The maximum Gasteiger partial charge on any atom is 0.220 e. The van der Waals surface area contributed by atoms with Gasteiger partial charge in [0.05, 0.1) is 13.2 Å². The van der Waals surface area contributed by atoms with Gasteiger partial charge < -0.3 is 10.1 Å². The molecule has 0 saturated carbocycles. The smallest absolute Gasteiger partial charge is 0.220 e. The number of carbonyl (C=O) groups excluding carboxylic acids is 1. The molecule has 1 aromatic heterocycles. The zero-order valence-electron chi connectivity index (χ0n) is 13.8. The van der Waals surface area contributed by atoms with Gasteiger partial charge in [-0.2, -0.15) is 0 Å². The van der Waals surface area contributed by atoms with E-state index >= 15 is 0 Å². The minimum atomic E-state index is -0.00205. The molecule has 0 fully saturated rings. The van der Waals surface area contributed by atoms with E-state index in [1.165, 1.54) is 5.56 Å². The SMILES string of the molecule is COc1ccc(CCCCC(=O)N[C@@H](C)c2cccnc2)cc1. The Labute approximate surface area is 137 Å². The van der Waals surface area contributed by atoms with Gasteiger partial charge in [0.2, 0.25) is 5.91 Å². The van der Waals surface area contributed by atoms with Crippen LogP contribution in [-0.4, -0.2) is 18.0 Å². The number of hydrogen-bond acceptors (Lipinski definition) is 3. The van der Waals surface area contributed by atoms with Gasteiger partial charge in [-0.25, -0.2) is 0 Å². The van der Waals surface area contributed by atoms with Gasteiger partial charge in [-0.3, -0.25) is 9.78 Å². The highest BCUT2D eigenvalue weighted by Crippen LogP contribution is 2.14. The molecule has 2 rings (SSSR count). The Morgan fingerprint density at radius 2 is 2.00 bits per heavy atom. The largest absolute Gasteiger partial charge is 0.497 e. The highest BCUT2D eigenvalue weighted by molar-refractivity contribution is 5.76. The number of hydrogen-bond donors (Lipinski definition) is 1.